The number of rotatable bonds is 4. The molecule has 1 heterocycles. The topological polar surface area (TPSA) is 37.8 Å². The molecule has 0 saturated carbocycles. The fraction of sp³-hybridized carbons (Fsp3) is 0.600. The number of hydrogen-bond acceptors (Lipinski definition) is 3. The zero-order valence-corrected chi connectivity index (χ0v) is 9.60. The number of nitrogens with one attached hydrogen (secondary N) is 1. The minimum Gasteiger partial charge on any atom is -0.350 e. The van der Waals surface area contributed by atoms with Crippen LogP contribution >= 0.6 is 11.6 Å². The zero-order chi connectivity index (χ0) is 10.6. The fourth-order valence-corrected chi connectivity index (χ4v) is 1.52. The minimum absolute atomic E-state index is 0.248. The summed E-state index contributed by atoms with van der Waals surface area (Å²) >= 11 is 5.78. The molecule has 0 fully saturated rings. The van der Waals surface area contributed by atoms with Gasteiger partial charge in [-0.1, -0.05) is 6.92 Å². The number of halogens is 1. The molecule has 1 aromatic heterocycles. The summed E-state index contributed by atoms with van der Waals surface area (Å²) < 4.78 is 0. The lowest BCUT2D eigenvalue weighted by atomic mass is 10.2. The molecule has 1 N–H and O–H groups in total. The van der Waals surface area contributed by atoms with Crippen molar-refractivity contribution in [3.8, 4) is 0 Å². The van der Waals surface area contributed by atoms with Crippen molar-refractivity contribution in [2.45, 2.75) is 33.2 Å². The highest BCUT2D eigenvalue weighted by Gasteiger charge is 2.06. The highest BCUT2D eigenvalue weighted by atomic mass is 35.5. The summed E-state index contributed by atoms with van der Waals surface area (Å²) in [4.78, 5) is 8.58. The first-order valence-corrected chi connectivity index (χ1v) is 5.34. The van der Waals surface area contributed by atoms with Crippen LogP contribution in [0.3, 0.4) is 0 Å². The lowest BCUT2D eigenvalue weighted by molar-refractivity contribution is 0.756. The lowest BCUT2D eigenvalue weighted by Gasteiger charge is -2.13. The molecular formula is C10H16ClN3. The largest absolute Gasteiger partial charge is 0.350 e. The van der Waals surface area contributed by atoms with E-state index in [1.807, 2.05) is 19.9 Å². The fourth-order valence-electron chi connectivity index (χ4n) is 1.22. The predicted molar refractivity (Wildman–Crippen MR) is 59.9 cm³/mol. The molecule has 1 rings (SSSR count). The Bertz CT molecular complexity index is 277. The van der Waals surface area contributed by atoms with Gasteiger partial charge in [-0.15, -0.1) is 11.6 Å². The van der Waals surface area contributed by atoms with Crippen molar-refractivity contribution < 1.29 is 0 Å². The molecule has 1 unspecified atom stereocenters. The minimum atomic E-state index is 0.248. The zero-order valence-electron chi connectivity index (χ0n) is 8.84. The Morgan fingerprint density at radius 1 is 1.36 bits per heavy atom. The molecule has 0 aliphatic carbocycles. The van der Waals surface area contributed by atoms with Gasteiger partial charge in [0.15, 0.2) is 0 Å². The standard InChI is InChI=1S/C10H16ClN3/c1-4-9(6-11)14-10-12-7(2)5-8(3)13-10/h5,9H,4,6H2,1-3H3,(H,12,13,14). The van der Waals surface area contributed by atoms with Gasteiger partial charge in [0.1, 0.15) is 0 Å². The van der Waals surface area contributed by atoms with E-state index < -0.39 is 0 Å². The Morgan fingerprint density at radius 3 is 2.36 bits per heavy atom. The summed E-state index contributed by atoms with van der Waals surface area (Å²) in [6.45, 7) is 6.01. The molecule has 78 valence electrons. The maximum atomic E-state index is 5.78. The second-order valence-corrected chi connectivity index (χ2v) is 3.69. The first-order valence-electron chi connectivity index (χ1n) is 4.80. The van der Waals surface area contributed by atoms with Gasteiger partial charge in [-0.25, -0.2) is 9.97 Å². The van der Waals surface area contributed by atoms with Crippen LogP contribution in [0.1, 0.15) is 24.7 Å². The highest BCUT2D eigenvalue weighted by molar-refractivity contribution is 6.18. The molecule has 0 aromatic carbocycles. The number of hydrogen-bond donors (Lipinski definition) is 1. The summed E-state index contributed by atoms with van der Waals surface area (Å²) in [7, 11) is 0. The Morgan fingerprint density at radius 2 is 1.93 bits per heavy atom. The second kappa shape index (κ2) is 5.15. The Kier molecular flexibility index (Phi) is 4.14. The Balaban J connectivity index is 2.75. The van der Waals surface area contributed by atoms with Crippen molar-refractivity contribution in [2.75, 3.05) is 11.2 Å². The Labute approximate surface area is 89.9 Å². The number of anilines is 1. The van der Waals surface area contributed by atoms with Crippen LogP contribution in [-0.2, 0) is 0 Å². The quantitative estimate of drug-likeness (QED) is 0.782. The molecule has 0 spiro atoms. The molecule has 0 saturated heterocycles. The van der Waals surface area contributed by atoms with Gasteiger partial charge >= 0.3 is 0 Å². The average Bonchev–Trinajstić information content (AvgIpc) is 2.12. The molecule has 3 nitrogen and oxygen atoms in total. The van der Waals surface area contributed by atoms with Gasteiger partial charge in [0.2, 0.25) is 5.95 Å². The van der Waals surface area contributed by atoms with Gasteiger partial charge in [0, 0.05) is 23.3 Å². The van der Waals surface area contributed by atoms with Crippen molar-refractivity contribution in [1.82, 2.24) is 9.97 Å². The van der Waals surface area contributed by atoms with E-state index in [0.717, 1.165) is 17.8 Å². The van der Waals surface area contributed by atoms with E-state index in [1.165, 1.54) is 0 Å². The van der Waals surface area contributed by atoms with E-state index in [9.17, 15) is 0 Å². The van der Waals surface area contributed by atoms with Gasteiger partial charge < -0.3 is 5.32 Å². The van der Waals surface area contributed by atoms with Gasteiger partial charge in [-0.2, -0.15) is 0 Å². The van der Waals surface area contributed by atoms with E-state index in [1.54, 1.807) is 0 Å². The van der Waals surface area contributed by atoms with Gasteiger partial charge in [-0.3, -0.25) is 0 Å². The van der Waals surface area contributed by atoms with Gasteiger partial charge in [0.25, 0.3) is 0 Å². The summed E-state index contributed by atoms with van der Waals surface area (Å²) in [5.41, 5.74) is 1.95. The van der Waals surface area contributed by atoms with E-state index in [0.29, 0.717) is 11.8 Å². The molecule has 0 bridgehead atoms. The third kappa shape index (κ3) is 3.14. The van der Waals surface area contributed by atoms with E-state index in [-0.39, 0.29) is 6.04 Å². The number of alkyl halides is 1. The average molecular weight is 214 g/mol. The Hall–Kier alpha value is -0.830. The first-order chi connectivity index (χ1) is 6.65. The third-order valence-corrected chi connectivity index (χ3v) is 2.37. The highest BCUT2D eigenvalue weighted by Crippen LogP contribution is 2.07. The van der Waals surface area contributed by atoms with Crippen LogP contribution in [0.4, 0.5) is 5.95 Å². The van der Waals surface area contributed by atoms with Crippen LogP contribution in [0.2, 0.25) is 0 Å². The molecule has 0 aliphatic heterocycles. The van der Waals surface area contributed by atoms with E-state index >= 15 is 0 Å². The van der Waals surface area contributed by atoms with Crippen molar-refractivity contribution in [1.29, 1.82) is 0 Å². The van der Waals surface area contributed by atoms with Crippen LogP contribution in [-0.4, -0.2) is 21.9 Å². The summed E-state index contributed by atoms with van der Waals surface area (Å²) in [6, 6.07) is 2.20. The summed E-state index contributed by atoms with van der Waals surface area (Å²) in [5, 5.41) is 3.21. The van der Waals surface area contributed by atoms with E-state index in [2.05, 4.69) is 22.2 Å². The maximum absolute atomic E-state index is 5.78. The van der Waals surface area contributed by atoms with Gasteiger partial charge in [0.05, 0.1) is 0 Å². The normalized spacial score (nSPS) is 12.6. The molecule has 0 amide bonds. The molecular weight excluding hydrogens is 198 g/mol. The summed E-state index contributed by atoms with van der Waals surface area (Å²) in [5.74, 6) is 1.25. The molecule has 0 aliphatic rings. The van der Waals surface area contributed by atoms with Crippen molar-refractivity contribution >= 4 is 17.5 Å². The van der Waals surface area contributed by atoms with Gasteiger partial charge in [-0.05, 0) is 26.3 Å². The van der Waals surface area contributed by atoms with Crippen LogP contribution in [0.25, 0.3) is 0 Å². The molecule has 14 heavy (non-hydrogen) atoms. The second-order valence-electron chi connectivity index (χ2n) is 3.38. The molecule has 0 radical (unpaired) electrons. The smallest absolute Gasteiger partial charge is 0.223 e. The monoisotopic (exact) mass is 213 g/mol. The predicted octanol–water partition coefficient (Wildman–Crippen LogP) is 2.52. The lowest BCUT2D eigenvalue weighted by Crippen LogP contribution is -2.21. The number of aromatic nitrogens is 2. The van der Waals surface area contributed by atoms with Crippen LogP contribution in [0.15, 0.2) is 6.07 Å². The van der Waals surface area contributed by atoms with Crippen LogP contribution in [0.5, 0.6) is 0 Å². The molecule has 1 aromatic rings. The number of aryl methyl sites for hydroxylation is 2. The van der Waals surface area contributed by atoms with Crippen molar-refractivity contribution in [3.63, 3.8) is 0 Å². The van der Waals surface area contributed by atoms with Crippen LogP contribution in [0, 0.1) is 13.8 Å². The SMILES string of the molecule is CCC(CCl)Nc1nc(C)cc(C)n1. The number of nitrogens with zero attached hydrogens (tertiary/aromatic N) is 2. The van der Waals surface area contributed by atoms with E-state index in [4.69, 9.17) is 11.6 Å². The van der Waals surface area contributed by atoms with Crippen molar-refractivity contribution in [3.05, 3.63) is 17.5 Å². The molecule has 4 heteroatoms. The van der Waals surface area contributed by atoms with Crippen molar-refractivity contribution in [2.24, 2.45) is 0 Å². The summed E-state index contributed by atoms with van der Waals surface area (Å²) in [6.07, 6.45) is 0.972. The first kappa shape index (κ1) is 11.2. The molecule has 1 atom stereocenters. The third-order valence-electron chi connectivity index (χ3n) is 1.99. The van der Waals surface area contributed by atoms with Crippen LogP contribution < -0.4 is 5.32 Å². The maximum Gasteiger partial charge on any atom is 0.223 e.